The molecule has 1 amide bonds. The SMILES string of the molecule is CCN(CC(C)C[C@@H]1C[C@H]([C@@H]2c3ccccc3-c3cncn32)[C@@H]1O)C(=O)OC(C)(C)C. The molecule has 1 aromatic heterocycles. The molecule has 6 nitrogen and oxygen atoms in total. The van der Waals surface area contributed by atoms with E-state index in [0.29, 0.717) is 19.0 Å². The number of nitrogens with zero attached hydrogens (tertiary/aromatic N) is 3. The van der Waals surface area contributed by atoms with Gasteiger partial charge in [-0.25, -0.2) is 9.78 Å². The summed E-state index contributed by atoms with van der Waals surface area (Å²) >= 11 is 0. The van der Waals surface area contributed by atoms with Crippen molar-refractivity contribution in [3.63, 3.8) is 0 Å². The Labute approximate surface area is 185 Å². The Kier molecular flexibility index (Phi) is 5.86. The van der Waals surface area contributed by atoms with Gasteiger partial charge < -0.3 is 19.3 Å². The minimum absolute atomic E-state index is 0.157. The molecule has 1 aliphatic carbocycles. The van der Waals surface area contributed by atoms with E-state index in [0.717, 1.165) is 18.5 Å². The zero-order chi connectivity index (χ0) is 22.3. The smallest absolute Gasteiger partial charge is 0.410 e. The summed E-state index contributed by atoms with van der Waals surface area (Å²) in [5, 5.41) is 11.1. The van der Waals surface area contributed by atoms with Gasteiger partial charge >= 0.3 is 6.09 Å². The third-order valence-corrected chi connectivity index (χ3v) is 6.69. The van der Waals surface area contributed by atoms with Crippen LogP contribution < -0.4 is 0 Å². The maximum atomic E-state index is 12.4. The Bertz CT molecular complexity index is 932. The van der Waals surface area contributed by atoms with E-state index in [9.17, 15) is 9.90 Å². The van der Waals surface area contributed by atoms with Crippen molar-refractivity contribution in [2.24, 2.45) is 17.8 Å². The van der Waals surface area contributed by atoms with Crippen molar-refractivity contribution in [3.8, 4) is 11.3 Å². The number of carbonyl (C=O) groups excluding carboxylic acids is 1. The molecule has 5 atom stereocenters. The van der Waals surface area contributed by atoms with Crippen molar-refractivity contribution in [3.05, 3.63) is 42.4 Å². The average molecular weight is 426 g/mol. The minimum atomic E-state index is -0.491. The lowest BCUT2D eigenvalue weighted by molar-refractivity contribution is -0.0675. The van der Waals surface area contributed by atoms with Crippen molar-refractivity contribution < 1.29 is 14.6 Å². The Morgan fingerprint density at radius 3 is 2.77 bits per heavy atom. The van der Waals surface area contributed by atoms with E-state index in [1.165, 1.54) is 11.1 Å². The largest absolute Gasteiger partial charge is 0.444 e. The predicted octanol–water partition coefficient (Wildman–Crippen LogP) is 4.73. The fourth-order valence-electron chi connectivity index (χ4n) is 5.27. The standard InChI is InChI=1S/C25H35N3O3/c1-6-27(24(30)31-25(3,4)5)14-16(2)11-17-12-20(23(17)29)22-19-10-8-7-9-18(19)21-13-26-15-28(21)22/h7-10,13,15-17,20,22-23,29H,6,11-12,14H2,1-5H3/t16?,17-,20-,22+,23-/m1/s1. The molecule has 1 N–H and O–H groups in total. The second-order valence-electron chi connectivity index (χ2n) is 10.2. The Balaban J connectivity index is 1.37. The van der Waals surface area contributed by atoms with Gasteiger partial charge in [0.2, 0.25) is 0 Å². The predicted molar refractivity (Wildman–Crippen MR) is 121 cm³/mol. The molecule has 0 bridgehead atoms. The van der Waals surface area contributed by atoms with Crippen LogP contribution in [0.4, 0.5) is 4.79 Å². The Morgan fingerprint density at radius 1 is 1.35 bits per heavy atom. The highest BCUT2D eigenvalue weighted by Crippen LogP contribution is 2.52. The molecule has 31 heavy (non-hydrogen) atoms. The highest BCUT2D eigenvalue weighted by atomic mass is 16.6. The molecule has 1 saturated carbocycles. The number of imidazole rings is 1. The number of fused-ring (bicyclic) bond motifs is 3. The van der Waals surface area contributed by atoms with Crippen molar-refractivity contribution in [1.29, 1.82) is 0 Å². The van der Waals surface area contributed by atoms with E-state index in [1.807, 2.05) is 40.2 Å². The zero-order valence-electron chi connectivity index (χ0n) is 19.3. The first-order chi connectivity index (χ1) is 14.7. The molecule has 0 spiro atoms. The first-order valence-corrected chi connectivity index (χ1v) is 11.5. The summed E-state index contributed by atoms with van der Waals surface area (Å²) in [6.45, 7) is 11.1. The topological polar surface area (TPSA) is 67.6 Å². The van der Waals surface area contributed by atoms with E-state index in [-0.39, 0.29) is 30.1 Å². The van der Waals surface area contributed by atoms with Crippen LogP contribution in [-0.4, -0.2) is 50.4 Å². The number of aliphatic hydroxyl groups is 1. The molecule has 1 fully saturated rings. The van der Waals surface area contributed by atoms with Gasteiger partial charge in [0.1, 0.15) is 5.60 Å². The quantitative estimate of drug-likeness (QED) is 0.726. The molecule has 0 radical (unpaired) electrons. The Morgan fingerprint density at radius 2 is 2.10 bits per heavy atom. The molecule has 2 aliphatic rings. The first kappa shape index (κ1) is 21.9. The first-order valence-electron chi connectivity index (χ1n) is 11.5. The molecular formula is C25H35N3O3. The third-order valence-electron chi connectivity index (χ3n) is 6.69. The lowest BCUT2D eigenvalue weighted by Gasteiger charge is -2.46. The monoisotopic (exact) mass is 425 g/mol. The van der Waals surface area contributed by atoms with Gasteiger partial charge in [0.25, 0.3) is 0 Å². The average Bonchev–Trinajstić information content (AvgIpc) is 3.29. The van der Waals surface area contributed by atoms with Gasteiger partial charge in [0, 0.05) is 24.6 Å². The van der Waals surface area contributed by atoms with Crippen molar-refractivity contribution >= 4 is 6.09 Å². The fraction of sp³-hybridized carbons (Fsp3) is 0.600. The highest BCUT2D eigenvalue weighted by molar-refractivity contribution is 5.69. The van der Waals surface area contributed by atoms with E-state index in [4.69, 9.17) is 4.74 Å². The number of aliphatic hydroxyl groups excluding tert-OH is 1. The van der Waals surface area contributed by atoms with Crippen LogP contribution in [0, 0.1) is 17.8 Å². The number of rotatable bonds is 6. The lowest BCUT2D eigenvalue weighted by atomic mass is 9.64. The lowest BCUT2D eigenvalue weighted by Crippen LogP contribution is -2.47. The van der Waals surface area contributed by atoms with Gasteiger partial charge in [-0.15, -0.1) is 0 Å². The molecule has 0 saturated heterocycles. The number of hydrogen-bond acceptors (Lipinski definition) is 4. The van der Waals surface area contributed by atoms with Crippen LogP contribution >= 0.6 is 0 Å². The van der Waals surface area contributed by atoms with Gasteiger partial charge in [-0.05, 0) is 57.9 Å². The summed E-state index contributed by atoms with van der Waals surface area (Å²) in [6, 6.07) is 8.61. The van der Waals surface area contributed by atoms with Gasteiger partial charge in [-0.3, -0.25) is 0 Å². The maximum absolute atomic E-state index is 12.4. The van der Waals surface area contributed by atoms with E-state index in [1.54, 1.807) is 4.90 Å². The third kappa shape index (κ3) is 4.22. The van der Waals surface area contributed by atoms with E-state index >= 15 is 0 Å². The second-order valence-corrected chi connectivity index (χ2v) is 10.2. The maximum Gasteiger partial charge on any atom is 0.410 e. The second kappa shape index (κ2) is 8.30. The van der Waals surface area contributed by atoms with Gasteiger partial charge in [0.15, 0.2) is 0 Å². The number of amides is 1. The molecule has 1 aromatic carbocycles. The number of aromatic nitrogens is 2. The van der Waals surface area contributed by atoms with Crippen molar-refractivity contribution in [2.45, 2.75) is 65.2 Å². The summed E-state index contributed by atoms with van der Waals surface area (Å²) in [4.78, 5) is 18.5. The van der Waals surface area contributed by atoms with Crippen molar-refractivity contribution in [1.82, 2.24) is 14.5 Å². The molecule has 6 heteroatoms. The van der Waals surface area contributed by atoms with Gasteiger partial charge in [0.05, 0.1) is 30.4 Å². The van der Waals surface area contributed by atoms with Gasteiger partial charge in [-0.1, -0.05) is 31.2 Å². The van der Waals surface area contributed by atoms with Crippen LogP contribution in [0.25, 0.3) is 11.3 Å². The number of carbonyl (C=O) groups is 1. The number of ether oxygens (including phenoxy) is 1. The summed E-state index contributed by atoms with van der Waals surface area (Å²) in [5.41, 5.74) is 3.16. The molecule has 1 aliphatic heterocycles. The molecular weight excluding hydrogens is 390 g/mol. The zero-order valence-corrected chi connectivity index (χ0v) is 19.3. The fourth-order valence-corrected chi connectivity index (χ4v) is 5.27. The molecule has 4 rings (SSSR count). The minimum Gasteiger partial charge on any atom is -0.444 e. The van der Waals surface area contributed by atoms with Crippen LogP contribution in [0.3, 0.4) is 0 Å². The van der Waals surface area contributed by atoms with Crippen LogP contribution in [0.2, 0.25) is 0 Å². The summed E-state index contributed by atoms with van der Waals surface area (Å²) in [7, 11) is 0. The van der Waals surface area contributed by atoms with Crippen LogP contribution in [0.5, 0.6) is 0 Å². The van der Waals surface area contributed by atoms with Crippen LogP contribution in [-0.2, 0) is 4.74 Å². The normalized spacial score (nSPS) is 25.4. The molecule has 1 unspecified atom stereocenters. The van der Waals surface area contributed by atoms with Crippen LogP contribution in [0.15, 0.2) is 36.8 Å². The summed E-state index contributed by atoms with van der Waals surface area (Å²) in [6.07, 6.45) is 5.10. The highest BCUT2D eigenvalue weighted by Gasteiger charge is 2.48. The number of benzene rings is 1. The van der Waals surface area contributed by atoms with E-state index < -0.39 is 5.60 Å². The Hall–Kier alpha value is -2.34. The number of hydrogen-bond donors (Lipinski definition) is 1. The summed E-state index contributed by atoms with van der Waals surface area (Å²) < 4.78 is 7.75. The molecule has 2 heterocycles. The van der Waals surface area contributed by atoms with Gasteiger partial charge in [-0.2, -0.15) is 0 Å². The van der Waals surface area contributed by atoms with Crippen molar-refractivity contribution in [2.75, 3.05) is 13.1 Å². The van der Waals surface area contributed by atoms with E-state index in [2.05, 4.69) is 40.7 Å². The molecule has 168 valence electrons. The molecule has 2 aromatic rings. The summed E-state index contributed by atoms with van der Waals surface area (Å²) in [5.74, 6) is 0.756. The van der Waals surface area contributed by atoms with Crippen LogP contribution in [0.1, 0.15) is 59.1 Å².